The fourth-order valence-corrected chi connectivity index (χ4v) is 4.28. The fourth-order valence-electron chi connectivity index (χ4n) is 4.28. The van der Waals surface area contributed by atoms with Crippen LogP contribution in [-0.4, -0.2) is 33.7 Å². The zero-order valence-corrected chi connectivity index (χ0v) is 14.8. The van der Waals surface area contributed by atoms with Crippen LogP contribution in [-0.2, 0) is 11.8 Å². The van der Waals surface area contributed by atoms with Crippen molar-refractivity contribution >= 4 is 11.8 Å². The number of rotatable bonds is 4. The molecule has 1 aromatic heterocycles. The van der Waals surface area contributed by atoms with Crippen LogP contribution in [0.4, 0.5) is 0 Å². The van der Waals surface area contributed by atoms with Crippen LogP contribution in [0.3, 0.4) is 0 Å². The van der Waals surface area contributed by atoms with Gasteiger partial charge in [0, 0.05) is 31.6 Å². The van der Waals surface area contributed by atoms with E-state index >= 15 is 0 Å². The summed E-state index contributed by atoms with van der Waals surface area (Å²) in [7, 11) is 1.52. The van der Waals surface area contributed by atoms with E-state index in [-0.39, 0.29) is 35.2 Å². The van der Waals surface area contributed by atoms with Crippen LogP contribution in [0.15, 0.2) is 16.9 Å². The molecule has 1 aromatic rings. The molecule has 4 unspecified atom stereocenters. The number of carbonyl (C=O) groups is 2. The predicted molar refractivity (Wildman–Crippen MR) is 93.0 cm³/mol. The Morgan fingerprint density at radius 2 is 2.16 bits per heavy atom. The van der Waals surface area contributed by atoms with Crippen molar-refractivity contribution in [1.29, 1.82) is 0 Å². The van der Waals surface area contributed by atoms with Gasteiger partial charge in [0.25, 0.3) is 11.5 Å². The lowest BCUT2D eigenvalue weighted by Gasteiger charge is -2.44. The minimum absolute atomic E-state index is 0.0217. The largest absolute Gasteiger partial charge is 0.353 e. The summed E-state index contributed by atoms with van der Waals surface area (Å²) in [5, 5.41) is 10.1. The molecule has 2 aliphatic rings. The van der Waals surface area contributed by atoms with Gasteiger partial charge in [0.05, 0.1) is 0 Å². The monoisotopic (exact) mass is 346 g/mol. The third-order valence-corrected chi connectivity index (χ3v) is 5.49. The fraction of sp³-hybridized carbons (Fsp3) is 0.667. The summed E-state index contributed by atoms with van der Waals surface area (Å²) in [4.78, 5) is 35.8. The van der Waals surface area contributed by atoms with Gasteiger partial charge in [0.2, 0.25) is 5.91 Å². The normalized spacial score (nSPS) is 28.8. The number of hydrogen-bond acceptors (Lipinski definition) is 4. The Hall–Kier alpha value is -2.18. The van der Waals surface area contributed by atoms with Gasteiger partial charge < -0.3 is 10.6 Å². The molecule has 0 aromatic carbocycles. The average Bonchev–Trinajstić information content (AvgIpc) is 2.57. The Bertz CT molecular complexity index is 715. The van der Waals surface area contributed by atoms with Gasteiger partial charge in [-0.05, 0) is 43.6 Å². The predicted octanol–water partition coefficient (Wildman–Crippen LogP) is 0.984. The maximum atomic E-state index is 12.4. The van der Waals surface area contributed by atoms with Crippen molar-refractivity contribution in [3.05, 3.63) is 28.2 Å². The zero-order valence-electron chi connectivity index (χ0n) is 14.8. The summed E-state index contributed by atoms with van der Waals surface area (Å²) >= 11 is 0. The lowest BCUT2D eigenvalue weighted by Crippen LogP contribution is -2.55. The Morgan fingerprint density at radius 3 is 2.88 bits per heavy atom. The van der Waals surface area contributed by atoms with E-state index in [2.05, 4.69) is 22.7 Å². The van der Waals surface area contributed by atoms with E-state index in [0.29, 0.717) is 18.3 Å². The maximum absolute atomic E-state index is 12.4. The van der Waals surface area contributed by atoms with E-state index in [1.165, 1.54) is 19.2 Å². The van der Waals surface area contributed by atoms with Gasteiger partial charge in [-0.3, -0.25) is 14.4 Å². The van der Waals surface area contributed by atoms with E-state index in [4.69, 9.17) is 0 Å². The quantitative estimate of drug-likeness (QED) is 0.850. The molecule has 1 aliphatic heterocycles. The summed E-state index contributed by atoms with van der Waals surface area (Å²) in [5.74, 6) is 0.838. The molecule has 0 radical (unpaired) electrons. The molecule has 2 heterocycles. The van der Waals surface area contributed by atoms with Gasteiger partial charge in [-0.15, -0.1) is 0 Å². The number of nitrogens with zero attached hydrogens (tertiary/aromatic N) is 2. The summed E-state index contributed by atoms with van der Waals surface area (Å²) in [6.45, 7) is 2.16. The Morgan fingerprint density at radius 1 is 1.36 bits per heavy atom. The molecule has 2 N–H and O–H groups in total. The molecule has 1 saturated heterocycles. The Labute approximate surface area is 147 Å². The lowest BCUT2D eigenvalue weighted by molar-refractivity contribution is -0.127. The van der Waals surface area contributed by atoms with Crippen molar-refractivity contribution in [2.24, 2.45) is 18.9 Å². The molecular formula is C18H26N4O3. The number of piperidine rings is 1. The van der Waals surface area contributed by atoms with E-state index in [9.17, 15) is 14.4 Å². The van der Waals surface area contributed by atoms with Crippen LogP contribution in [0.1, 0.15) is 55.9 Å². The molecule has 0 bridgehead atoms. The van der Waals surface area contributed by atoms with Crippen molar-refractivity contribution in [1.82, 2.24) is 20.4 Å². The van der Waals surface area contributed by atoms with Crippen LogP contribution in [0, 0.1) is 11.8 Å². The molecule has 7 nitrogen and oxygen atoms in total. The highest BCUT2D eigenvalue weighted by atomic mass is 16.2. The minimum Gasteiger partial charge on any atom is -0.353 e. The summed E-state index contributed by atoms with van der Waals surface area (Å²) in [6.07, 6.45) is 5.51. The molecule has 1 saturated carbocycles. The first-order chi connectivity index (χ1) is 12.0. The highest BCUT2D eigenvalue weighted by Crippen LogP contribution is 2.37. The number of aromatic nitrogens is 2. The number of hydrogen-bond donors (Lipinski definition) is 2. The second-order valence-corrected chi connectivity index (χ2v) is 7.25. The number of amides is 2. The number of nitrogens with one attached hydrogen (secondary N) is 2. The van der Waals surface area contributed by atoms with Crippen LogP contribution in [0.2, 0.25) is 0 Å². The maximum Gasteiger partial charge on any atom is 0.271 e. The third kappa shape index (κ3) is 3.91. The molecule has 2 fully saturated rings. The Kier molecular flexibility index (Phi) is 5.20. The SMILES string of the molecule is CCCC1CC(=O)NC2CC(NC(=O)c3ccc(=O)n(C)n3)CCC12. The highest BCUT2D eigenvalue weighted by molar-refractivity contribution is 5.92. The second kappa shape index (κ2) is 7.37. The molecule has 0 spiro atoms. The topological polar surface area (TPSA) is 93.1 Å². The molecule has 2 amide bonds. The summed E-state index contributed by atoms with van der Waals surface area (Å²) in [5.41, 5.74) is -0.00953. The summed E-state index contributed by atoms with van der Waals surface area (Å²) in [6, 6.07) is 2.96. The van der Waals surface area contributed by atoms with Gasteiger partial charge >= 0.3 is 0 Å². The molecule has 136 valence electrons. The molecule has 7 heteroatoms. The van der Waals surface area contributed by atoms with Gasteiger partial charge in [0.1, 0.15) is 5.69 Å². The highest BCUT2D eigenvalue weighted by Gasteiger charge is 2.40. The van der Waals surface area contributed by atoms with E-state index in [0.717, 1.165) is 36.8 Å². The van der Waals surface area contributed by atoms with Gasteiger partial charge in [0.15, 0.2) is 0 Å². The van der Waals surface area contributed by atoms with E-state index in [1.807, 2.05) is 0 Å². The smallest absolute Gasteiger partial charge is 0.271 e. The second-order valence-electron chi connectivity index (χ2n) is 7.25. The first kappa shape index (κ1) is 17.6. The first-order valence-electron chi connectivity index (χ1n) is 9.12. The lowest BCUT2D eigenvalue weighted by atomic mass is 9.70. The van der Waals surface area contributed by atoms with E-state index in [1.54, 1.807) is 0 Å². The van der Waals surface area contributed by atoms with Gasteiger partial charge in [-0.25, -0.2) is 4.68 Å². The van der Waals surface area contributed by atoms with Crippen molar-refractivity contribution in [2.45, 2.75) is 57.5 Å². The van der Waals surface area contributed by atoms with Gasteiger partial charge in [-0.2, -0.15) is 5.10 Å². The molecule has 3 rings (SSSR count). The van der Waals surface area contributed by atoms with Crippen LogP contribution >= 0.6 is 0 Å². The van der Waals surface area contributed by atoms with Gasteiger partial charge in [-0.1, -0.05) is 13.3 Å². The third-order valence-electron chi connectivity index (χ3n) is 5.49. The average molecular weight is 346 g/mol. The molecule has 1 aliphatic carbocycles. The zero-order chi connectivity index (χ0) is 18.0. The molecule has 4 atom stereocenters. The number of fused-ring (bicyclic) bond motifs is 1. The molecule has 25 heavy (non-hydrogen) atoms. The number of aryl methyl sites for hydroxylation is 1. The standard InChI is InChI=1S/C18H26N4O3/c1-3-4-11-9-16(23)20-15-10-12(5-6-13(11)15)19-18(25)14-7-8-17(24)22(2)21-14/h7-8,11-13,15H,3-6,9-10H2,1-2H3,(H,19,25)(H,20,23). The van der Waals surface area contributed by atoms with Crippen molar-refractivity contribution in [2.75, 3.05) is 0 Å². The molecular weight excluding hydrogens is 320 g/mol. The Balaban J connectivity index is 1.63. The first-order valence-corrected chi connectivity index (χ1v) is 9.12. The van der Waals surface area contributed by atoms with Crippen molar-refractivity contribution in [3.63, 3.8) is 0 Å². The van der Waals surface area contributed by atoms with Crippen molar-refractivity contribution < 1.29 is 9.59 Å². The van der Waals surface area contributed by atoms with Crippen LogP contribution in [0.5, 0.6) is 0 Å². The van der Waals surface area contributed by atoms with Crippen LogP contribution < -0.4 is 16.2 Å². The van der Waals surface area contributed by atoms with Crippen LogP contribution in [0.25, 0.3) is 0 Å². The van der Waals surface area contributed by atoms with Crippen molar-refractivity contribution in [3.8, 4) is 0 Å². The summed E-state index contributed by atoms with van der Waals surface area (Å²) < 4.78 is 1.16. The van der Waals surface area contributed by atoms with E-state index < -0.39 is 0 Å². The minimum atomic E-state index is -0.272. The number of carbonyl (C=O) groups excluding carboxylic acids is 2.